The lowest BCUT2D eigenvalue weighted by Crippen LogP contribution is -2.02. The van der Waals surface area contributed by atoms with Crippen molar-refractivity contribution in [1.29, 1.82) is 0 Å². The van der Waals surface area contributed by atoms with Crippen LogP contribution in [0, 0.1) is 0 Å². The third-order valence-corrected chi connectivity index (χ3v) is 2.42. The molecule has 0 N–H and O–H groups in total. The number of aromatic nitrogens is 3. The van der Waals surface area contributed by atoms with Gasteiger partial charge in [0.1, 0.15) is 5.69 Å². The van der Waals surface area contributed by atoms with E-state index in [-0.39, 0.29) is 5.69 Å². The molecule has 1 aromatic heterocycles. The van der Waals surface area contributed by atoms with E-state index in [1.54, 1.807) is 24.3 Å². The smallest absolute Gasteiger partial charge is 0.184 e. The predicted octanol–water partition coefficient (Wildman–Crippen LogP) is 3.10. The topological polar surface area (TPSA) is 30.7 Å². The minimum atomic E-state index is -2.70. The summed E-state index contributed by atoms with van der Waals surface area (Å²) < 4.78 is 26.0. The van der Waals surface area contributed by atoms with Crippen LogP contribution in [0.4, 0.5) is 8.78 Å². The third-order valence-electron chi connectivity index (χ3n) is 1.89. The zero-order chi connectivity index (χ0) is 10.8. The molecule has 0 aliphatic heterocycles. The summed E-state index contributed by atoms with van der Waals surface area (Å²) in [6.45, 7) is -2.70. The average Bonchev–Trinajstić information content (AvgIpc) is 2.61. The van der Waals surface area contributed by atoms with Crippen molar-refractivity contribution in [3.05, 3.63) is 34.9 Å². The fourth-order valence-corrected chi connectivity index (χ4v) is 1.74. The predicted molar refractivity (Wildman–Crippen MR) is 54.4 cm³/mol. The molecule has 15 heavy (non-hydrogen) atoms. The van der Waals surface area contributed by atoms with E-state index in [2.05, 4.69) is 26.2 Å². The zero-order valence-electron chi connectivity index (χ0n) is 7.44. The molecule has 0 amide bonds. The maximum Gasteiger partial charge on any atom is 0.335 e. The second-order valence-electron chi connectivity index (χ2n) is 2.82. The van der Waals surface area contributed by atoms with Gasteiger partial charge in [-0.05, 0) is 15.9 Å². The lowest BCUT2D eigenvalue weighted by molar-refractivity contribution is 0.0564. The van der Waals surface area contributed by atoms with Crippen molar-refractivity contribution < 1.29 is 8.78 Å². The first-order chi connectivity index (χ1) is 7.20. The Hall–Kier alpha value is -1.30. The van der Waals surface area contributed by atoms with Crippen LogP contribution >= 0.6 is 15.9 Å². The Bertz CT molecular complexity index is 456. The van der Waals surface area contributed by atoms with Crippen molar-refractivity contribution in [3.8, 4) is 11.3 Å². The highest BCUT2D eigenvalue weighted by Crippen LogP contribution is 2.28. The van der Waals surface area contributed by atoms with Crippen molar-refractivity contribution in [1.82, 2.24) is 15.0 Å². The third kappa shape index (κ3) is 1.90. The van der Waals surface area contributed by atoms with Gasteiger partial charge >= 0.3 is 6.55 Å². The van der Waals surface area contributed by atoms with Crippen LogP contribution in [0.25, 0.3) is 11.3 Å². The zero-order valence-corrected chi connectivity index (χ0v) is 9.03. The molecule has 0 aliphatic carbocycles. The van der Waals surface area contributed by atoms with Crippen LogP contribution in [-0.4, -0.2) is 15.0 Å². The summed E-state index contributed by atoms with van der Waals surface area (Å²) >= 11 is 3.09. The Balaban J connectivity index is 2.57. The maximum absolute atomic E-state index is 12.6. The second-order valence-corrected chi connectivity index (χ2v) is 3.57. The lowest BCUT2D eigenvalue weighted by atomic mass is 10.2. The molecule has 0 radical (unpaired) electrons. The van der Waals surface area contributed by atoms with Crippen LogP contribution < -0.4 is 0 Å². The van der Waals surface area contributed by atoms with Gasteiger partial charge in [-0.1, -0.05) is 35.5 Å². The average molecular weight is 274 g/mol. The number of alkyl halides is 2. The van der Waals surface area contributed by atoms with Crippen LogP contribution in [0.3, 0.4) is 0 Å². The molecule has 3 nitrogen and oxygen atoms in total. The largest absolute Gasteiger partial charge is 0.335 e. The molecule has 0 unspecified atom stereocenters. The summed E-state index contributed by atoms with van der Waals surface area (Å²) in [5.74, 6) is 0. The Morgan fingerprint density at radius 3 is 2.47 bits per heavy atom. The number of rotatable bonds is 2. The first-order valence-electron chi connectivity index (χ1n) is 4.14. The molecule has 0 atom stereocenters. The standard InChI is InChI=1S/C9H6BrF2N3/c10-8-7(6-4-2-1-3-5-6)15(9(11)12)14-13-8/h1-5,9H. The molecule has 0 spiro atoms. The van der Waals surface area contributed by atoms with Gasteiger partial charge in [-0.2, -0.15) is 13.5 Å². The fraction of sp³-hybridized carbons (Fsp3) is 0.111. The van der Waals surface area contributed by atoms with Gasteiger partial charge in [0.05, 0.1) is 0 Å². The van der Waals surface area contributed by atoms with Gasteiger partial charge in [0.2, 0.25) is 0 Å². The summed E-state index contributed by atoms with van der Waals surface area (Å²) in [7, 11) is 0. The Morgan fingerprint density at radius 1 is 1.20 bits per heavy atom. The van der Waals surface area contributed by atoms with Crippen LogP contribution in [-0.2, 0) is 0 Å². The Kier molecular flexibility index (Phi) is 2.77. The molecule has 1 aromatic carbocycles. The minimum absolute atomic E-state index is 0.283. The van der Waals surface area contributed by atoms with E-state index in [0.29, 0.717) is 14.8 Å². The number of hydrogen-bond donors (Lipinski definition) is 0. The fourth-order valence-electron chi connectivity index (χ4n) is 1.26. The molecule has 0 aliphatic rings. The van der Waals surface area contributed by atoms with Crippen LogP contribution in [0.1, 0.15) is 6.55 Å². The van der Waals surface area contributed by atoms with Crippen LogP contribution in [0.15, 0.2) is 34.9 Å². The number of nitrogens with zero attached hydrogens (tertiary/aromatic N) is 3. The molecule has 0 saturated carbocycles. The first-order valence-corrected chi connectivity index (χ1v) is 4.93. The van der Waals surface area contributed by atoms with Crippen molar-refractivity contribution in [2.45, 2.75) is 6.55 Å². The maximum atomic E-state index is 12.6. The summed E-state index contributed by atoms with van der Waals surface area (Å²) in [5, 5.41) is 6.93. The van der Waals surface area contributed by atoms with Gasteiger partial charge in [-0.25, -0.2) is 0 Å². The van der Waals surface area contributed by atoms with E-state index < -0.39 is 6.55 Å². The summed E-state index contributed by atoms with van der Waals surface area (Å²) in [5.41, 5.74) is 0.931. The van der Waals surface area contributed by atoms with Gasteiger partial charge in [-0.3, -0.25) is 0 Å². The molecule has 2 aromatic rings. The van der Waals surface area contributed by atoms with Crippen molar-refractivity contribution in [2.75, 3.05) is 0 Å². The minimum Gasteiger partial charge on any atom is -0.184 e. The molecule has 0 bridgehead atoms. The van der Waals surface area contributed by atoms with E-state index in [0.717, 1.165) is 0 Å². The first kappa shape index (κ1) is 10.2. The number of hydrogen-bond acceptors (Lipinski definition) is 2. The van der Waals surface area contributed by atoms with Gasteiger partial charge < -0.3 is 0 Å². The Labute approximate surface area is 92.8 Å². The van der Waals surface area contributed by atoms with Gasteiger partial charge in [0.15, 0.2) is 4.60 Å². The lowest BCUT2D eigenvalue weighted by Gasteiger charge is -2.04. The molecule has 2 rings (SSSR count). The van der Waals surface area contributed by atoms with Gasteiger partial charge in [0, 0.05) is 5.56 Å². The van der Waals surface area contributed by atoms with Crippen LogP contribution in [0.2, 0.25) is 0 Å². The second kappa shape index (κ2) is 4.06. The van der Waals surface area contributed by atoms with Crippen molar-refractivity contribution >= 4 is 15.9 Å². The van der Waals surface area contributed by atoms with Crippen molar-refractivity contribution in [2.24, 2.45) is 0 Å². The molecular formula is C9H6BrF2N3. The molecule has 0 fully saturated rings. The normalized spacial score (nSPS) is 10.9. The van der Waals surface area contributed by atoms with Gasteiger partial charge in [0.25, 0.3) is 0 Å². The number of benzene rings is 1. The highest BCUT2D eigenvalue weighted by atomic mass is 79.9. The van der Waals surface area contributed by atoms with Crippen molar-refractivity contribution in [3.63, 3.8) is 0 Å². The Morgan fingerprint density at radius 2 is 1.87 bits per heavy atom. The van der Waals surface area contributed by atoms with E-state index in [9.17, 15) is 8.78 Å². The highest BCUT2D eigenvalue weighted by Gasteiger charge is 2.18. The highest BCUT2D eigenvalue weighted by molar-refractivity contribution is 9.10. The SMILES string of the molecule is FC(F)n1nnc(Br)c1-c1ccccc1. The molecule has 0 saturated heterocycles. The quantitative estimate of drug-likeness (QED) is 0.842. The van der Waals surface area contributed by atoms with E-state index in [1.807, 2.05) is 6.07 Å². The summed E-state index contributed by atoms with van der Waals surface area (Å²) in [6, 6.07) is 8.80. The molecular weight excluding hydrogens is 268 g/mol. The monoisotopic (exact) mass is 273 g/mol. The van der Waals surface area contributed by atoms with Crippen LogP contribution in [0.5, 0.6) is 0 Å². The summed E-state index contributed by atoms with van der Waals surface area (Å²) in [4.78, 5) is 0. The van der Waals surface area contributed by atoms with E-state index in [1.165, 1.54) is 0 Å². The summed E-state index contributed by atoms with van der Waals surface area (Å²) in [6.07, 6.45) is 0. The van der Waals surface area contributed by atoms with Gasteiger partial charge in [-0.15, -0.1) is 5.10 Å². The van der Waals surface area contributed by atoms with E-state index in [4.69, 9.17) is 0 Å². The molecule has 1 heterocycles. The number of halogens is 3. The molecule has 6 heteroatoms. The van der Waals surface area contributed by atoms with E-state index >= 15 is 0 Å². The molecule has 78 valence electrons.